The van der Waals surface area contributed by atoms with Crippen molar-refractivity contribution < 1.29 is 28.5 Å². The number of para-hydroxylation sites is 1. The molecule has 6 nitrogen and oxygen atoms in total. The number of benzene rings is 2. The summed E-state index contributed by atoms with van der Waals surface area (Å²) in [5, 5.41) is 0. The third-order valence-corrected chi connectivity index (χ3v) is 3.40. The standard InChI is InChI=1S/C19H20O6/c1-21-14-10-8-13(12-17(14)24-4)9-11-18(20)25-19-15(22-2)6-5-7-16(19)23-3/h5-12H,1-4H3/b11-9+. The van der Waals surface area contributed by atoms with Crippen LogP contribution in [0.15, 0.2) is 42.5 Å². The van der Waals surface area contributed by atoms with E-state index in [1.807, 2.05) is 0 Å². The van der Waals surface area contributed by atoms with Gasteiger partial charge in [-0.3, -0.25) is 0 Å². The van der Waals surface area contributed by atoms with Crippen LogP contribution in [-0.2, 0) is 4.79 Å². The van der Waals surface area contributed by atoms with Crippen molar-refractivity contribution in [2.75, 3.05) is 28.4 Å². The van der Waals surface area contributed by atoms with E-state index in [0.717, 1.165) is 5.56 Å². The van der Waals surface area contributed by atoms with Crippen LogP contribution < -0.4 is 23.7 Å². The molecule has 132 valence electrons. The quantitative estimate of drug-likeness (QED) is 0.436. The maximum Gasteiger partial charge on any atom is 0.336 e. The third-order valence-electron chi connectivity index (χ3n) is 3.40. The number of ether oxygens (including phenoxy) is 5. The van der Waals surface area contributed by atoms with E-state index in [-0.39, 0.29) is 5.75 Å². The minimum atomic E-state index is -0.558. The van der Waals surface area contributed by atoms with Crippen LogP contribution in [0, 0.1) is 0 Å². The molecule has 0 saturated heterocycles. The highest BCUT2D eigenvalue weighted by Crippen LogP contribution is 2.37. The molecule has 0 aliphatic heterocycles. The van der Waals surface area contributed by atoms with E-state index < -0.39 is 5.97 Å². The second-order valence-electron chi connectivity index (χ2n) is 4.86. The average Bonchev–Trinajstić information content (AvgIpc) is 2.66. The SMILES string of the molecule is COc1ccc(/C=C/C(=O)Oc2c(OC)cccc2OC)cc1OC. The van der Waals surface area contributed by atoms with Gasteiger partial charge in [-0.1, -0.05) is 12.1 Å². The van der Waals surface area contributed by atoms with Gasteiger partial charge < -0.3 is 23.7 Å². The van der Waals surface area contributed by atoms with Gasteiger partial charge in [-0.15, -0.1) is 0 Å². The van der Waals surface area contributed by atoms with Crippen molar-refractivity contribution in [2.24, 2.45) is 0 Å². The molecule has 2 aromatic carbocycles. The normalized spacial score (nSPS) is 10.4. The fraction of sp³-hybridized carbons (Fsp3) is 0.211. The summed E-state index contributed by atoms with van der Waals surface area (Å²) in [6.45, 7) is 0. The summed E-state index contributed by atoms with van der Waals surface area (Å²) in [5.74, 6) is 1.68. The highest BCUT2D eigenvalue weighted by atomic mass is 16.6. The first-order valence-electron chi connectivity index (χ1n) is 7.45. The summed E-state index contributed by atoms with van der Waals surface area (Å²) in [6, 6.07) is 10.4. The first-order valence-corrected chi connectivity index (χ1v) is 7.45. The Morgan fingerprint density at radius 3 is 1.96 bits per heavy atom. The molecule has 0 fully saturated rings. The number of hydrogen-bond donors (Lipinski definition) is 0. The molecule has 0 aliphatic rings. The first kappa shape index (κ1) is 18.2. The smallest absolute Gasteiger partial charge is 0.336 e. The highest BCUT2D eigenvalue weighted by Gasteiger charge is 2.14. The van der Waals surface area contributed by atoms with Gasteiger partial charge in [-0.2, -0.15) is 0 Å². The summed E-state index contributed by atoms with van der Waals surface area (Å²) in [4.78, 5) is 12.1. The van der Waals surface area contributed by atoms with Crippen molar-refractivity contribution >= 4 is 12.0 Å². The predicted molar refractivity (Wildman–Crippen MR) is 93.8 cm³/mol. The highest BCUT2D eigenvalue weighted by molar-refractivity contribution is 5.89. The average molecular weight is 344 g/mol. The summed E-state index contributed by atoms with van der Waals surface area (Å²) in [5.41, 5.74) is 0.765. The Kier molecular flexibility index (Phi) is 6.28. The molecule has 0 aliphatic carbocycles. The monoisotopic (exact) mass is 344 g/mol. The van der Waals surface area contributed by atoms with Crippen molar-refractivity contribution in [1.29, 1.82) is 0 Å². The number of carbonyl (C=O) groups is 1. The molecule has 0 bridgehead atoms. The summed E-state index contributed by atoms with van der Waals surface area (Å²) >= 11 is 0. The van der Waals surface area contributed by atoms with Gasteiger partial charge in [-0.25, -0.2) is 4.79 Å². The van der Waals surface area contributed by atoms with Crippen LogP contribution >= 0.6 is 0 Å². The topological polar surface area (TPSA) is 63.2 Å². The van der Waals surface area contributed by atoms with Gasteiger partial charge >= 0.3 is 5.97 Å². The van der Waals surface area contributed by atoms with Gasteiger partial charge in [0, 0.05) is 6.08 Å². The van der Waals surface area contributed by atoms with Crippen LogP contribution in [0.3, 0.4) is 0 Å². The predicted octanol–water partition coefficient (Wildman–Crippen LogP) is 3.34. The molecule has 0 amide bonds. The molecular formula is C19H20O6. The van der Waals surface area contributed by atoms with E-state index in [9.17, 15) is 4.79 Å². The van der Waals surface area contributed by atoms with Gasteiger partial charge in [0.15, 0.2) is 23.0 Å². The third kappa shape index (κ3) is 4.44. The lowest BCUT2D eigenvalue weighted by molar-refractivity contribution is -0.129. The molecule has 25 heavy (non-hydrogen) atoms. The Labute approximate surface area is 146 Å². The van der Waals surface area contributed by atoms with E-state index >= 15 is 0 Å². The number of rotatable bonds is 7. The number of methoxy groups -OCH3 is 4. The van der Waals surface area contributed by atoms with Crippen LogP contribution in [-0.4, -0.2) is 34.4 Å². The first-order chi connectivity index (χ1) is 12.1. The second-order valence-corrected chi connectivity index (χ2v) is 4.86. The Bertz CT molecular complexity index is 744. The molecule has 0 N–H and O–H groups in total. The molecule has 0 radical (unpaired) electrons. The van der Waals surface area contributed by atoms with Gasteiger partial charge in [0.25, 0.3) is 0 Å². The van der Waals surface area contributed by atoms with Crippen molar-refractivity contribution in [1.82, 2.24) is 0 Å². The summed E-state index contributed by atoms with van der Waals surface area (Å²) in [7, 11) is 6.09. The molecule has 2 rings (SSSR count). The molecule has 0 aromatic heterocycles. The molecule has 0 atom stereocenters. The Morgan fingerprint density at radius 1 is 0.800 bits per heavy atom. The molecular weight excluding hydrogens is 324 g/mol. The lowest BCUT2D eigenvalue weighted by atomic mass is 10.2. The van der Waals surface area contributed by atoms with E-state index in [4.69, 9.17) is 23.7 Å². The zero-order valence-corrected chi connectivity index (χ0v) is 14.6. The number of hydrogen-bond acceptors (Lipinski definition) is 6. The summed E-state index contributed by atoms with van der Waals surface area (Å²) in [6.07, 6.45) is 2.93. The van der Waals surface area contributed by atoms with Gasteiger partial charge in [0.05, 0.1) is 28.4 Å². The molecule has 0 heterocycles. The molecule has 2 aromatic rings. The zero-order valence-electron chi connectivity index (χ0n) is 14.6. The fourth-order valence-corrected chi connectivity index (χ4v) is 2.17. The minimum absolute atomic E-state index is 0.231. The van der Waals surface area contributed by atoms with E-state index in [1.165, 1.54) is 20.3 Å². The number of esters is 1. The Balaban J connectivity index is 2.17. The molecule has 0 unspecified atom stereocenters. The van der Waals surface area contributed by atoms with Crippen LogP contribution in [0.5, 0.6) is 28.7 Å². The molecule has 0 saturated carbocycles. The van der Waals surface area contributed by atoms with Crippen molar-refractivity contribution in [3.05, 3.63) is 48.0 Å². The fourth-order valence-electron chi connectivity index (χ4n) is 2.17. The van der Waals surface area contributed by atoms with Crippen molar-refractivity contribution in [3.63, 3.8) is 0 Å². The van der Waals surface area contributed by atoms with Crippen LogP contribution in [0.25, 0.3) is 6.08 Å². The van der Waals surface area contributed by atoms with Crippen molar-refractivity contribution in [3.8, 4) is 28.7 Å². The van der Waals surface area contributed by atoms with Crippen molar-refractivity contribution in [2.45, 2.75) is 0 Å². The second kappa shape index (κ2) is 8.63. The lowest BCUT2D eigenvalue weighted by Crippen LogP contribution is -2.06. The lowest BCUT2D eigenvalue weighted by Gasteiger charge is -2.11. The van der Waals surface area contributed by atoms with Gasteiger partial charge in [0.2, 0.25) is 5.75 Å². The molecule has 6 heteroatoms. The molecule has 0 spiro atoms. The Hall–Kier alpha value is -3.15. The van der Waals surface area contributed by atoms with Gasteiger partial charge in [-0.05, 0) is 35.9 Å². The maximum atomic E-state index is 12.1. The Morgan fingerprint density at radius 2 is 1.40 bits per heavy atom. The van der Waals surface area contributed by atoms with E-state index in [0.29, 0.717) is 23.0 Å². The van der Waals surface area contributed by atoms with E-state index in [2.05, 4.69) is 0 Å². The maximum absolute atomic E-state index is 12.1. The minimum Gasteiger partial charge on any atom is -0.493 e. The van der Waals surface area contributed by atoms with Gasteiger partial charge in [0.1, 0.15) is 0 Å². The van der Waals surface area contributed by atoms with Crippen LogP contribution in [0.1, 0.15) is 5.56 Å². The summed E-state index contributed by atoms with van der Waals surface area (Å²) < 4.78 is 26.2. The van der Waals surface area contributed by atoms with Crippen LogP contribution in [0.4, 0.5) is 0 Å². The van der Waals surface area contributed by atoms with E-state index in [1.54, 1.807) is 56.7 Å². The zero-order chi connectivity index (χ0) is 18.2. The number of carbonyl (C=O) groups excluding carboxylic acids is 1. The largest absolute Gasteiger partial charge is 0.493 e. The van der Waals surface area contributed by atoms with Crippen LogP contribution in [0.2, 0.25) is 0 Å².